The van der Waals surface area contributed by atoms with Gasteiger partial charge in [0.15, 0.2) is 5.78 Å². The van der Waals surface area contributed by atoms with Crippen LogP contribution in [0.25, 0.3) is 5.70 Å². The number of aldehydes is 1. The highest BCUT2D eigenvalue weighted by molar-refractivity contribution is 6.01. The van der Waals surface area contributed by atoms with Gasteiger partial charge in [-0.1, -0.05) is 12.1 Å². The van der Waals surface area contributed by atoms with Crippen LogP contribution in [0.2, 0.25) is 0 Å². The molecule has 0 amide bonds. The highest BCUT2D eigenvalue weighted by atomic mass is 16.1. The summed E-state index contributed by atoms with van der Waals surface area (Å²) in [6, 6.07) is 5.86. The van der Waals surface area contributed by atoms with Crippen molar-refractivity contribution < 1.29 is 9.59 Å². The summed E-state index contributed by atoms with van der Waals surface area (Å²) in [5, 5.41) is 3.59. The van der Waals surface area contributed by atoms with Crippen LogP contribution < -0.4 is 5.32 Å². The number of nitrogens with one attached hydrogen (secondary N) is 1. The maximum atomic E-state index is 13.6. The van der Waals surface area contributed by atoms with Gasteiger partial charge in [-0.25, -0.2) is 0 Å². The minimum atomic E-state index is -0.118. The molecule has 0 radical (unpaired) electrons. The zero-order valence-corrected chi connectivity index (χ0v) is 16.4. The molecule has 0 spiro atoms. The van der Waals surface area contributed by atoms with Gasteiger partial charge in [-0.2, -0.15) is 0 Å². The lowest BCUT2D eigenvalue weighted by atomic mass is 9.48. The zero-order valence-electron chi connectivity index (χ0n) is 16.4. The second-order valence-electron chi connectivity index (χ2n) is 10.3. The summed E-state index contributed by atoms with van der Waals surface area (Å²) < 4.78 is 0. The second kappa shape index (κ2) is 5.80. The Morgan fingerprint density at radius 2 is 1.70 bits per heavy atom. The Bertz CT molecular complexity index is 813. The molecule has 0 saturated heterocycles. The lowest BCUT2D eigenvalue weighted by molar-refractivity contribution is -0.138. The molecular formula is C24H29NO2. The van der Waals surface area contributed by atoms with Crippen molar-refractivity contribution in [2.45, 2.75) is 64.3 Å². The number of rotatable bonds is 3. The average Bonchev–Trinajstić information content (AvgIpc) is 2.59. The molecule has 0 unspecified atom stereocenters. The number of ketones is 1. The van der Waals surface area contributed by atoms with Crippen molar-refractivity contribution in [1.82, 2.24) is 5.32 Å². The van der Waals surface area contributed by atoms with Crippen molar-refractivity contribution in [3.63, 3.8) is 0 Å². The molecule has 1 aromatic carbocycles. The quantitative estimate of drug-likeness (QED) is 0.633. The molecule has 1 aromatic rings. The van der Waals surface area contributed by atoms with Crippen LogP contribution in [0.4, 0.5) is 0 Å². The van der Waals surface area contributed by atoms with Crippen molar-refractivity contribution in [3.05, 3.63) is 41.0 Å². The van der Waals surface area contributed by atoms with Crippen LogP contribution in [0.15, 0.2) is 24.3 Å². The number of carbonyl (C=O) groups is 2. The van der Waals surface area contributed by atoms with Crippen molar-refractivity contribution in [2.75, 3.05) is 0 Å². The fraction of sp³-hybridized carbons (Fsp3) is 0.583. The molecule has 0 aromatic heterocycles. The van der Waals surface area contributed by atoms with E-state index in [2.05, 4.69) is 19.2 Å². The van der Waals surface area contributed by atoms with Gasteiger partial charge in [-0.05, 0) is 88.2 Å². The Balaban J connectivity index is 1.53. The summed E-state index contributed by atoms with van der Waals surface area (Å²) in [7, 11) is 0. The van der Waals surface area contributed by atoms with Gasteiger partial charge in [0.2, 0.25) is 0 Å². The van der Waals surface area contributed by atoms with Gasteiger partial charge >= 0.3 is 0 Å². The van der Waals surface area contributed by atoms with Gasteiger partial charge in [-0.15, -0.1) is 0 Å². The SMILES string of the molecule is CC1(C)Cc2ccc(C=O)cc2/C(=C/C(=O)C23CC4CC(CC(C4)C2)C3)N1. The van der Waals surface area contributed by atoms with Crippen LogP contribution in [-0.2, 0) is 11.2 Å². The van der Waals surface area contributed by atoms with Gasteiger partial charge in [0.25, 0.3) is 0 Å². The van der Waals surface area contributed by atoms with Crippen molar-refractivity contribution in [3.8, 4) is 0 Å². The molecule has 1 aliphatic heterocycles. The molecule has 4 saturated carbocycles. The summed E-state index contributed by atoms with van der Waals surface area (Å²) in [4.78, 5) is 24.8. The monoisotopic (exact) mass is 363 g/mol. The minimum absolute atomic E-state index is 0.0940. The maximum absolute atomic E-state index is 13.6. The smallest absolute Gasteiger partial charge is 0.163 e. The van der Waals surface area contributed by atoms with E-state index in [0.29, 0.717) is 11.3 Å². The summed E-state index contributed by atoms with van der Waals surface area (Å²) in [6.45, 7) is 4.35. The van der Waals surface area contributed by atoms with Crippen molar-refractivity contribution >= 4 is 17.8 Å². The highest BCUT2D eigenvalue weighted by Crippen LogP contribution is 2.60. The maximum Gasteiger partial charge on any atom is 0.163 e. The first kappa shape index (κ1) is 17.2. The molecule has 142 valence electrons. The summed E-state index contributed by atoms with van der Waals surface area (Å²) in [6.07, 6.45) is 11.0. The molecule has 1 heterocycles. The Labute approximate surface area is 161 Å². The molecule has 0 atom stereocenters. The van der Waals surface area contributed by atoms with Gasteiger partial charge in [0.05, 0.1) is 0 Å². The van der Waals surface area contributed by atoms with Crippen molar-refractivity contribution in [1.29, 1.82) is 0 Å². The zero-order chi connectivity index (χ0) is 18.8. The predicted octanol–water partition coefficient (Wildman–Crippen LogP) is 4.55. The first-order valence-corrected chi connectivity index (χ1v) is 10.5. The van der Waals surface area contributed by atoms with E-state index in [0.717, 1.165) is 61.0 Å². The molecule has 6 rings (SSSR count). The number of benzene rings is 1. The van der Waals surface area contributed by atoms with E-state index in [9.17, 15) is 9.59 Å². The Morgan fingerprint density at radius 3 is 2.30 bits per heavy atom. The summed E-state index contributed by atoms with van der Waals surface area (Å²) >= 11 is 0. The summed E-state index contributed by atoms with van der Waals surface area (Å²) in [5.74, 6) is 2.62. The topological polar surface area (TPSA) is 46.2 Å². The average molecular weight is 364 g/mol. The van der Waals surface area contributed by atoms with E-state index in [1.165, 1.54) is 24.8 Å². The van der Waals surface area contributed by atoms with Crippen LogP contribution in [0.3, 0.4) is 0 Å². The van der Waals surface area contributed by atoms with Gasteiger partial charge in [0.1, 0.15) is 6.29 Å². The first-order chi connectivity index (χ1) is 12.9. The third-order valence-corrected chi connectivity index (χ3v) is 7.50. The number of carbonyl (C=O) groups excluding carboxylic acids is 2. The predicted molar refractivity (Wildman–Crippen MR) is 106 cm³/mol. The molecular weight excluding hydrogens is 334 g/mol. The van der Waals surface area contributed by atoms with Gasteiger partial charge < -0.3 is 5.32 Å². The number of fused-ring (bicyclic) bond motifs is 1. The molecule has 3 heteroatoms. The van der Waals surface area contributed by atoms with E-state index in [4.69, 9.17) is 0 Å². The molecule has 3 nitrogen and oxygen atoms in total. The second-order valence-corrected chi connectivity index (χ2v) is 10.3. The number of hydrogen-bond donors (Lipinski definition) is 1. The summed E-state index contributed by atoms with van der Waals surface area (Å²) in [5.41, 5.74) is 3.61. The fourth-order valence-corrected chi connectivity index (χ4v) is 6.83. The largest absolute Gasteiger partial charge is 0.379 e. The van der Waals surface area contributed by atoms with Gasteiger partial charge in [-0.3, -0.25) is 9.59 Å². The van der Waals surface area contributed by atoms with E-state index in [-0.39, 0.29) is 11.0 Å². The number of allylic oxidation sites excluding steroid dienone is 1. The Morgan fingerprint density at radius 1 is 1.07 bits per heavy atom. The molecule has 4 fully saturated rings. The normalized spacial score (nSPS) is 37.0. The van der Waals surface area contributed by atoms with Crippen LogP contribution in [0, 0.1) is 23.2 Å². The van der Waals surface area contributed by atoms with E-state index in [1.54, 1.807) is 0 Å². The molecule has 4 aliphatic carbocycles. The molecule has 4 bridgehead atoms. The lowest BCUT2D eigenvalue weighted by Crippen LogP contribution is -2.50. The number of hydrogen-bond acceptors (Lipinski definition) is 3. The Hall–Kier alpha value is -1.90. The third-order valence-electron chi connectivity index (χ3n) is 7.50. The molecule has 5 aliphatic rings. The van der Waals surface area contributed by atoms with Crippen LogP contribution in [0.5, 0.6) is 0 Å². The van der Waals surface area contributed by atoms with E-state index in [1.807, 2.05) is 24.3 Å². The fourth-order valence-electron chi connectivity index (χ4n) is 6.83. The first-order valence-electron chi connectivity index (χ1n) is 10.5. The van der Waals surface area contributed by atoms with E-state index < -0.39 is 0 Å². The molecule has 27 heavy (non-hydrogen) atoms. The molecule has 1 N–H and O–H groups in total. The Kier molecular flexibility index (Phi) is 3.70. The minimum Gasteiger partial charge on any atom is -0.379 e. The third kappa shape index (κ3) is 2.86. The lowest BCUT2D eigenvalue weighted by Gasteiger charge is -2.55. The van der Waals surface area contributed by atoms with Gasteiger partial charge in [0, 0.05) is 33.9 Å². The van der Waals surface area contributed by atoms with Crippen LogP contribution >= 0.6 is 0 Å². The van der Waals surface area contributed by atoms with Crippen LogP contribution in [-0.4, -0.2) is 17.6 Å². The van der Waals surface area contributed by atoms with Crippen LogP contribution in [0.1, 0.15) is 73.9 Å². The standard InChI is InChI=1S/C24H29NO2/c1-23(2)13-19-4-3-15(14-26)8-20(19)21(25-23)9-22(27)24-10-16-5-17(11-24)7-18(6-16)12-24/h3-4,8-9,14,16-18,25H,5-7,10-13H2,1-2H3/b21-9-. The van der Waals surface area contributed by atoms with E-state index >= 15 is 0 Å². The van der Waals surface area contributed by atoms with Crippen molar-refractivity contribution in [2.24, 2.45) is 23.2 Å². The highest BCUT2D eigenvalue weighted by Gasteiger charge is 2.54.